The summed E-state index contributed by atoms with van der Waals surface area (Å²) in [6.45, 7) is 4.72. The third-order valence-electron chi connectivity index (χ3n) is 2.38. The number of aryl methyl sites for hydroxylation is 1. The van der Waals surface area contributed by atoms with E-state index in [-0.39, 0.29) is 0 Å². The van der Waals surface area contributed by atoms with E-state index in [2.05, 4.69) is 23.4 Å². The first kappa shape index (κ1) is 12.9. The van der Waals surface area contributed by atoms with Gasteiger partial charge in [-0.05, 0) is 6.42 Å². The molecule has 0 bridgehead atoms. The normalized spacial score (nSPS) is 12.1. The number of nitrogens with zero attached hydrogens (tertiary/aromatic N) is 2. The fourth-order valence-corrected chi connectivity index (χ4v) is 1.45. The number of aromatic nitrogens is 2. The number of hydrogen-bond donors (Lipinski definition) is 1. The molecule has 0 aromatic carbocycles. The zero-order chi connectivity index (χ0) is 11.8. The van der Waals surface area contributed by atoms with E-state index in [1.807, 2.05) is 24.1 Å². The standard InChI is InChI=1S/C12H21N3O/c1-4-11(8-13-5-6-16-3)7-12-9-14-15(2)10-12/h7,9-10,13H,4-6,8H2,1-3H3. The van der Waals surface area contributed by atoms with E-state index in [4.69, 9.17) is 4.74 Å². The molecule has 0 saturated carbocycles. The summed E-state index contributed by atoms with van der Waals surface area (Å²) >= 11 is 0. The van der Waals surface area contributed by atoms with Crippen LogP contribution in [0.4, 0.5) is 0 Å². The molecule has 0 unspecified atom stereocenters. The second-order valence-electron chi connectivity index (χ2n) is 3.77. The molecule has 0 fully saturated rings. The van der Waals surface area contributed by atoms with Gasteiger partial charge in [0.2, 0.25) is 0 Å². The zero-order valence-corrected chi connectivity index (χ0v) is 10.4. The fourth-order valence-electron chi connectivity index (χ4n) is 1.45. The average Bonchev–Trinajstić information content (AvgIpc) is 2.68. The zero-order valence-electron chi connectivity index (χ0n) is 10.4. The molecule has 0 aliphatic heterocycles. The van der Waals surface area contributed by atoms with Crippen LogP contribution in [0.1, 0.15) is 18.9 Å². The molecule has 90 valence electrons. The van der Waals surface area contributed by atoms with Crippen molar-refractivity contribution in [2.45, 2.75) is 13.3 Å². The van der Waals surface area contributed by atoms with Gasteiger partial charge in [-0.1, -0.05) is 18.6 Å². The Morgan fingerprint density at radius 2 is 2.44 bits per heavy atom. The Morgan fingerprint density at radius 3 is 3.00 bits per heavy atom. The van der Waals surface area contributed by atoms with E-state index in [0.717, 1.165) is 31.7 Å². The highest BCUT2D eigenvalue weighted by Crippen LogP contribution is 2.07. The van der Waals surface area contributed by atoms with E-state index in [9.17, 15) is 0 Å². The lowest BCUT2D eigenvalue weighted by Gasteiger charge is -2.06. The molecule has 1 heterocycles. The molecular weight excluding hydrogens is 202 g/mol. The lowest BCUT2D eigenvalue weighted by Crippen LogP contribution is -2.21. The van der Waals surface area contributed by atoms with Crippen molar-refractivity contribution >= 4 is 6.08 Å². The number of methoxy groups -OCH3 is 1. The molecule has 16 heavy (non-hydrogen) atoms. The molecule has 0 atom stereocenters. The van der Waals surface area contributed by atoms with Crippen LogP contribution in [-0.2, 0) is 11.8 Å². The Morgan fingerprint density at radius 1 is 1.62 bits per heavy atom. The van der Waals surface area contributed by atoms with Crippen LogP contribution in [0.2, 0.25) is 0 Å². The highest BCUT2D eigenvalue weighted by molar-refractivity contribution is 5.51. The van der Waals surface area contributed by atoms with Crippen molar-refractivity contribution < 1.29 is 4.74 Å². The Kier molecular flexibility index (Phi) is 5.82. The van der Waals surface area contributed by atoms with Crippen molar-refractivity contribution in [2.75, 3.05) is 26.8 Å². The van der Waals surface area contributed by atoms with Crippen LogP contribution in [0.5, 0.6) is 0 Å². The molecule has 0 radical (unpaired) electrons. The number of hydrogen-bond acceptors (Lipinski definition) is 3. The molecule has 0 aliphatic rings. The molecule has 0 spiro atoms. The number of ether oxygens (including phenoxy) is 1. The van der Waals surface area contributed by atoms with E-state index >= 15 is 0 Å². The van der Waals surface area contributed by atoms with Crippen molar-refractivity contribution in [3.8, 4) is 0 Å². The van der Waals surface area contributed by atoms with Gasteiger partial charge in [0, 0.05) is 39.0 Å². The fraction of sp³-hybridized carbons (Fsp3) is 0.583. The summed E-state index contributed by atoms with van der Waals surface area (Å²) in [6, 6.07) is 0. The first-order valence-electron chi connectivity index (χ1n) is 5.64. The Hall–Kier alpha value is -1.13. The van der Waals surface area contributed by atoms with Crippen molar-refractivity contribution in [2.24, 2.45) is 7.05 Å². The van der Waals surface area contributed by atoms with Crippen molar-refractivity contribution in [1.82, 2.24) is 15.1 Å². The van der Waals surface area contributed by atoms with Crippen molar-refractivity contribution in [3.05, 3.63) is 23.5 Å². The highest BCUT2D eigenvalue weighted by atomic mass is 16.5. The summed E-state index contributed by atoms with van der Waals surface area (Å²) in [5, 5.41) is 7.49. The minimum absolute atomic E-state index is 0.754. The number of rotatable bonds is 7. The van der Waals surface area contributed by atoms with E-state index < -0.39 is 0 Å². The molecule has 1 aromatic rings. The number of nitrogens with one attached hydrogen (secondary N) is 1. The monoisotopic (exact) mass is 223 g/mol. The van der Waals surface area contributed by atoms with E-state index in [1.54, 1.807) is 7.11 Å². The van der Waals surface area contributed by atoms with Gasteiger partial charge in [0.1, 0.15) is 0 Å². The largest absolute Gasteiger partial charge is 0.383 e. The van der Waals surface area contributed by atoms with Crippen molar-refractivity contribution in [1.29, 1.82) is 0 Å². The summed E-state index contributed by atoms with van der Waals surface area (Å²) in [7, 11) is 3.65. The van der Waals surface area contributed by atoms with E-state index in [0.29, 0.717) is 0 Å². The molecule has 4 nitrogen and oxygen atoms in total. The van der Waals surface area contributed by atoms with Gasteiger partial charge in [-0.25, -0.2) is 0 Å². The predicted octanol–water partition coefficient (Wildman–Crippen LogP) is 1.45. The summed E-state index contributed by atoms with van der Waals surface area (Å²) in [4.78, 5) is 0. The summed E-state index contributed by atoms with van der Waals surface area (Å²) in [5.41, 5.74) is 2.54. The highest BCUT2D eigenvalue weighted by Gasteiger charge is 1.97. The summed E-state index contributed by atoms with van der Waals surface area (Å²) in [5.74, 6) is 0. The molecule has 4 heteroatoms. The van der Waals surface area contributed by atoms with Crippen molar-refractivity contribution in [3.63, 3.8) is 0 Å². The lowest BCUT2D eigenvalue weighted by atomic mass is 10.1. The minimum atomic E-state index is 0.754. The Balaban J connectivity index is 2.43. The first-order chi connectivity index (χ1) is 7.76. The van der Waals surface area contributed by atoms with Gasteiger partial charge in [0.25, 0.3) is 0 Å². The Labute approximate surface area is 97.3 Å². The molecule has 1 N–H and O–H groups in total. The molecule has 0 aliphatic carbocycles. The summed E-state index contributed by atoms with van der Waals surface area (Å²) < 4.78 is 6.80. The van der Waals surface area contributed by atoms with E-state index in [1.165, 1.54) is 5.57 Å². The van der Waals surface area contributed by atoms with Crippen LogP contribution in [0.15, 0.2) is 18.0 Å². The van der Waals surface area contributed by atoms with Gasteiger partial charge in [-0.3, -0.25) is 4.68 Å². The van der Waals surface area contributed by atoms with Gasteiger partial charge in [-0.2, -0.15) is 5.10 Å². The summed E-state index contributed by atoms with van der Waals surface area (Å²) in [6.07, 6.45) is 7.14. The predicted molar refractivity (Wildman–Crippen MR) is 66.2 cm³/mol. The van der Waals surface area contributed by atoms with Crippen LogP contribution < -0.4 is 5.32 Å². The third kappa shape index (κ3) is 4.59. The molecular formula is C12H21N3O. The maximum absolute atomic E-state index is 4.98. The van der Waals surface area contributed by atoms with Crippen LogP contribution >= 0.6 is 0 Å². The maximum atomic E-state index is 4.98. The molecule has 0 amide bonds. The van der Waals surface area contributed by atoms with Gasteiger partial charge >= 0.3 is 0 Å². The SMILES string of the molecule is CCC(=Cc1cnn(C)c1)CNCCOC. The molecule has 1 aromatic heterocycles. The van der Waals surface area contributed by atoms with Gasteiger partial charge < -0.3 is 10.1 Å². The quantitative estimate of drug-likeness (QED) is 0.711. The first-order valence-corrected chi connectivity index (χ1v) is 5.64. The third-order valence-corrected chi connectivity index (χ3v) is 2.38. The molecule has 1 rings (SSSR count). The molecule has 0 saturated heterocycles. The van der Waals surface area contributed by atoms with Gasteiger partial charge in [-0.15, -0.1) is 0 Å². The van der Waals surface area contributed by atoms with Crippen LogP contribution in [0, 0.1) is 0 Å². The van der Waals surface area contributed by atoms with Crippen LogP contribution in [-0.4, -0.2) is 36.6 Å². The second-order valence-corrected chi connectivity index (χ2v) is 3.77. The van der Waals surface area contributed by atoms with Crippen LogP contribution in [0.3, 0.4) is 0 Å². The van der Waals surface area contributed by atoms with Gasteiger partial charge in [0.15, 0.2) is 0 Å². The van der Waals surface area contributed by atoms with Crippen LogP contribution in [0.25, 0.3) is 6.08 Å². The average molecular weight is 223 g/mol. The Bertz CT molecular complexity index is 331. The topological polar surface area (TPSA) is 39.1 Å². The lowest BCUT2D eigenvalue weighted by molar-refractivity contribution is 0.200. The smallest absolute Gasteiger partial charge is 0.0587 e. The maximum Gasteiger partial charge on any atom is 0.0587 e. The second kappa shape index (κ2) is 7.19. The van der Waals surface area contributed by atoms with Gasteiger partial charge in [0.05, 0.1) is 12.8 Å². The minimum Gasteiger partial charge on any atom is -0.383 e.